The number of Topliss-reactive ketones (excluding diaryl/α,β-unsaturated/α-hetero) is 2. The predicted octanol–water partition coefficient (Wildman–Crippen LogP) is -0.324. The number of amides is 1. The first kappa shape index (κ1) is 32.4. The highest BCUT2D eigenvalue weighted by Crippen LogP contribution is 2.54. The normalized spacial score (nSPS) is 25.3. The third kappa shape index (κ3) is 5.18. The Morgan fingerprint density at radius 3 is 2.19 bits per heavy atom. The maximum Gasteiger partial charge on any atom is 0.394 e. The van der Waals surface area contributed by atoms with Gasteiger partial charge in [-0.15, -0.1) is 0 Å². The Labute approximate surface area is 238 Å². The molecule has 0 radical (unpaired) electrons. The molecule has 18 heteroatoms. The third-order valence-corrected chi connectivity index (χ3v) is 7.76. The van der Waals surface area contributed by atoms with E-state index in [4.69, 9.17) is 23.3 Å². The van der Waals surface area contributed by atoms with Crippen LogP contribution in [0.25, 0.3) is 5.76 Å². The van der Waals surface area contributed by atoms with Crippen molar-refractivity contribution in [3.05, 3.63) is 44.2 Å². The molecular formula is C24H30N4O13S. The van der Waals surface area contributed by atoms with Gasteiger partial charge in [0.15, 0.2) is 11.4 Å². The molecule has 3 aliphatic rings. The van der Waals surface area contributed by atoms with Gasteiger partial charge in [-0.2, -0.15) is 8.42 Å². The van der Waals surface area contributed by atoms with Gasteiger partial charge < -0.3 is 31.1 Å². The summed E-state index contributed by atoms with van der Waals surface area (Å²) in [7, 11) is 0.0331. The summed E-state index contributed by atoms with van der Waals surface area (Å²) in [5, 5.41) is 56.1. The molecule has 0 saturated heterocycles. The summed E-state index contributed by atoms with van der Waals surface area (Å²) in [6, 6.07) is -0.00214. The van der Waals surface area contributed by atoms with Crippen molar-refractivity contribution < 1.29 is 57.3 Å². The van der Waals surface area contributed by atoms with E-state index in [1.54, 1.807) is 18.9 Å². The minimum atomic E-state index is -4.67. The van der Waals surface area contributed by atoms with Crippen molar-refractivity contribution in [1.82, 2.24) is 4.90 Å². The van der Waals surface area contributed by atoms with Crippen LogP contribution in [0.15, 0.2) is 23.0 Å². The number of aliphatic hydroxyl groups is 3. The first-order valence-electron chi connectivity index (χ1n) is 12.3. The Morgan fingerprint density at radius 2 is 1.74 bits per heavy atom. The Morgan fingerprint density at radius 1 is 1.19 bits per heavy atom. The number of rotatable bonds is 5. The SMILES string of the molecule is CCN(C)c1cc([N+](=O)[O-])c(O)c2c1CC1CC3[C@H](N(C)C)C(=O)C(C(N)=O)=C(O)[C@@]3(O)C(=O)C1=C2O.O=S(=O)(O)O. The molecule has 3 aliphatic carbocycles. The van der Waals surface area contributed by atoms with Crippen molar-refractivity contribution in [1.29, 1.82) is 0 Å². The first-order chi connectivity index (χ1) is 19.2. The van der Waals surface area contributed by atoms with Crippen LogP contribution in [0.2, 0.25) is 0 Å². The highest BCUT2D eigenvalue weighted by Gasteiger charge is 2.64. The van der Waals surface area contributed by atoms with Crippen molar-refractivity contribution in [3.8, 4) is 5.75 Å². The van der Waals surface area contributed by atoms with Gasteiger partial charge in [0.1, 0.15) is 17.1 Å². The fraction of sp³-hybridized carbons (Fsp3) is 0.458. The quantitative estimate of drug-likeness (QED) is 0.0967. The lowest BCUT2D eigenvalue weighted by molar-refractivity contribution is -0.385. The van der Waals surface area contributed by atoms with Gasteiger partial charge in [0.05, 0.1) is 16.5 Å². The number of hydrogen-bond donors (Lipinski definition) is 7. The molecule has 1 saturated carbocycles. The topological polar surface area (TPSA) is 282 Å². The van der Waals surface area contributed by atoms with E-state index in [1.807, 2.05) is 0 Å². The smallest absolute Gasteiger partial charge is 0.394 e. The standard InChI is InChI=1S/C24H28N4O9.H2O4S/c1-5-27(4)12-8-13(28(36)37)18(29)15-10(12)6-9-7-11-17(26(2)3)20(31)16(23(25)34)22(33)24(11,35)21(32)14(9)19(15)30;1-5(2,3)4/h8-9,11,17,29-30,33,35H,5-7H2,1-4H3,(H2,25,34);(H2,1,2,3,4)/t9?,11?,17-,24-;/m0./s1. The molecule has 4 rings (SSSR count). The molecular weight excluding hydrogens is 584 g/mol. The molecule has 0 bridgehead atoms. The number of hydrogen-bond acceptors (Lipinski definition) is 13. The number of fused-ring (bicyclic) bond motifs is 3. The zero-order chi connectivity index (χ0) is 32.2. The molecule has 230 valence electrons. The van der Waals surface area contributed by atoms with Crippen LogP contribution in [0.5, 0.6) is 5.75 Å². The summed E-state index contributed by atoms with van der Waals surface area (Å²) in [6.45, 7) is 2.24. The molecule has 0 aliphatic heterocycles. The Hall–Kier alpha value is -4.10. The van der Waals surface area contributed by atoms with Crippen LogP contribution in [-0.2, 0) is 31.2 Å². The van der Waals surface area contributed by atoms with Crippen LogP contribution in [0.3, 0.4) is 0 Å². The van der Waals surface area contributed by atoms with Crippen LogP contribution in [-0.4, -0.2) is 105 Å². The minimum absolute atomic E-state index is 0.0414. The lowest BCUT2D eigenvalue weighted by Gasteiger charge is -2.50. The van der Waals surface area contributed by atoms with Crippen molar-refractivity contribution in [2.24, 2.45) is 17.6 Å². The van der Waals surface area contributed by atoms with Gasteiger partial charge in [-0.25, -0.2) is 0 Å². The molecule has 0 spiro atoms. The largest absolute Gasteiger partial charge is 0.508 e. The first-order valence-corrected chi connectivity index (χ1v) is 13.7. The summed E-state index contributed by atoms with van der Waals surface area (Å²) in [5.74, 6) is -8.14. The fourth-order valence-corrected chi connectivity index (χ4v) is 5.93. The molecule has 1 aromatic carbocycles. The van der Waals surface area contributed by atoms with Crippen molar-refractivity contribution in [2.75, 3.05) is 32.6 Å². The molecule has 17 nitrogen and oxygen atoms in total. The molecule has 1 aromatic rings. The third-order valence-electron chi connectivity index (χ3n) is 7.76. The number of ketones is 2. The van der Waals surface area contributed by atoms with E-state index in [0.717, 1.165) is 0 Å². The van der Waals surface area contributed by atoms with E-state index in [2.05, 4.69) is 0 Å². The number of aliphatic hydroxyl groups excluding tert-OH is 2. The summed E-state index contributed by atoms with van der Waals surface area (Å²) in [5.41, 5.74) is 0.968. The molecule has 42 heavy (non-hydrogen) atoms. The van der Waals surface area contributed by atoms with Gasteiger partial charge in [-0.1, -0.05) is 0 Å². The molecule has 1 amide bonds. The van der Waals surface area contributed by atoms with Crippen molar-refractivity contribution >= 4 is 45.0 Å². The lowest BCUT2D eigenvalue weighted by atomic mass is 9.57. The van der Waals surface area contributed by atoms with E-state index in [9.17, 15) is 44.9 Å². The zero-order valence-electron chi connectivity index (χ0n) is 22.8. The minimum Gasteiger partial charge on any atom is -0.508 e. The molecule has 1 fully saturated rings. The Bertz CT molecular complexity index is 1560. The summed E-state index contributed by atoms with van der Waals surface area (Å²) >= 11 is 0. The Balaban J connectivity index is 0.000000892. The number of nitro benzene ring substituents is 1. The number of nitro groups is 1. The van der Waals surface area contributed by atoms with Crippen molar-refractivity contribution in [3.63, 3.8) is 0 Å². The number of aromatic hydroxyl groups is 1. The maximum absolute atomic E-state index is 13.8. The van der Waals surface area contributed by atoms with E-state index < -0.39 is 84.8 Å². The number of carbonyl (C=O) groups excluding carboxylic acids is 3. The van der Waals surface area contributed by atoms with Crippen LogP contribution in [0.1, 0.15) is 24.5 Å². The molecule has 2 unspecified atom stereocenters. The summed E-state index contributed by atoms with van der Waals surface area (Å²) in [6.07, 6.45) is -0.0292. The molecule has 0 heterocycles. The van der Waals surface area contributed by atoms with Crippen LogP contribution < -0.4 is 10.6 Å². The second kappa shape index (κ2) is 11.0. The number of likely N-dealkylation sites (N-methyl/N-ethyl adjacent to an activating group) is 1. The maximum atomic E-state index is 13.8. The summed E-state index contributed by atoms with van der Waals surface area (Å²) in [4.78, 5) is 52.9. The number of phenolic OH excluding ortho intramolecular Hbond substituents is 1. The number of nitrogens with zero attached hydrogens (tertiary/aromatic N) is 3. The van der Waals surface area contributed by atoms with Crippen LogP contribution in [0.4, 0.5) is 11.4 Å². The zero-order valence-corrected chi connectivity index (χ0v) is 23.6. The number of phenols is 1. The van der Waals surface area contributed by atoms with Crippen LogP contribution >= 0.6 is 0 Å². The second-order valence-corrected chi connectivity index (χ2v) is 11.2. The average molecular weight is 615 g/mol. The second-order valence-electron chi connectivity index (χ2n) is 10.3. The molecule has 4 atom stereocenters. The molecule has 0 aromatic heterocycles. The highest BCUT2D eigenvalue weighted by atomic mass is 32.3. The van der Waals surface area contributed by atoms with Crippen molar-refractivity contribution in [2.45, 2.75) is 31.4 Å². The average Bonchev–Trinajstić information content (AvgIpc) is 2.84. The number of nitrogens with two attached hydrogens (primary N) is 1. The van der Waals surface area contributed by atoms with Gasteiger partial charge in [0.25, 0.3) is 5.91 Å². The number of carbonyl (C=O) groups is 3. The Kier molecular flexibility index (Phi) is 8.45. The van der Waals surface area contributed by atoms with Gasteiger partial charge in [0.2, 0.25) is 11.5 Å². The van der Waals surface area contributed by atoms with Gasteiger partial charge in [0, 0.05) is 36.8 Å². The number of anilines is 1. The van der Waals surface area contributed by atoms with E-state index >= 15 is 0 Å². The summed E-state index contributed by atoms with van der Waals surface area (Å²) < 4.78 is 31.6. The monoisotopic (exact) mass is 614 g/mol. The van der Waals surface area contributed by atoms with Gasteiger partial charge >= 0.3 is 16.1 Å². The van der Waals surface area contributed by atoms with E-state index in [1.165, 1.54) is 25.1 Å². The van der Waals surface area contributed by atoms with E-state index in [0.29, 0.717) is 17.8 Å². The van der Waals surface area contributed by atoms with E-state index in [-0.39, 0.29) is 24.0 Å². The molecule has 8 N–H and O–H groups in total. The predicted molar refractivity (Wildman–Crippen MR) is 144 cm³/mol. The number of benzene rings is 1. The number of primary amides is 1. The lowest BCUT2D eigenvalue weighted by Crippen LogP contribution is -2.65. The van der Waals surface area contributed by atoms with Gasteiger partial charge in [-0.3, -0.25) is 38.5 Å². The highest BCUT2D eigenvalue weighted by molar-refractivity contribution is 7.79. The van der Waals surface area contributed by atoms with Gasteiger partial charge in [-0.05, 0) is 45.3 Å². The fourth-order valence-electron chi connectivity index (χ4n) is 5.93. The van der Waals surface area contributed by atoms with Crippen LogP contribution in [0, 0.1) is 22.0 Å².